The van der Waals surface area contributed by atoms with E-state index in [1.165, 1.54) is 5.56 Å². The van der Waals surface area contributed by atoms with Gasteiger partial charge in [0.1, 0.15) is 5.52 Å². The molecular formula is C25H21N3O. The predicted molar refractivity (Wildman–Crippen MR) is 117 cm³/mol. The Bertz CT molecular complexity index is 1370. The van der Waals surface area contributed by atoms with E-state index >= 15 is 0 Å². The van der Waals surface area contributed by atoms with Gasteiger partial charge in [-0.05, 0) is 30.2 Å². The van der Waals surface area contributed by atoms with Crippen molar-refractivity contribution in [2.45, 2.75) is 20.0 Å². The zero-order valence-corrected chi connectivity index (χ0v) is 16.2. The molecule has 0 amide bonds. The molecule has 2 aromatic heterocycles. The number of aryl methyl sites for hydroxylation is 1. The van der Waals surface area contributed by atoms with Crippen LogP contribution in [-0.4, -0.2) is 14.3 Å². The maximum atomic E-state index is 13.5. The van der Waals surface area contributed by atoms with Gasteiger partial charge in [0.25, 0.3) is 5.56 Å². The second-order valence-electron chi connectivity index (χ2n) is 7.45. The second kappa shape index (κ2) is 7.06. The van der Waals surface area contributed by atoms with E-state index in [0.717, 1.165) is 27.4 Å². The highest BCUT2D eigenvalue weighted by Gasteiger charge is 2.16. The highest BCUT2D eigenvalue weighted by atomic mass is 16.1. The van der Waals surface area contributed by atoms with E-state index in [0.29, 0.717) is 18.6 Å². The Hall–Kier alpha value is -3.66. The fourth-order valence-electron chi connectivity index (χ4n) is 3.96. The van der Waals surface area contributed by atoms with Gasteiger partial charge in [-0.15, -0.1) is 0 Å². The summed E-state index contributed by atoms with van der Waals surface area (Å²) in [5, 5.41) is 6.48. The van der Waals surface area contributed by atoms with Crippen molar-refractivity contribution in [2.24, 2.45) is 0 Å². The fraction of sp³-hybridized carbons (Fsp3) is 0.120. The molecule has 0 atom stereocenters. The number of hydrogen-bond donors (Lipinski definition) is 0. The number of hydrogen-bond acceptors (Lipinski definition) is 2. The highest BCUT2D eigenvalue weighted by Crippen LogP contribution is 2.28. The Kier molecular flexibility index (Phi) is 4.24. The smallest absolute Gasteiger partial charge is 0.291 e. The van der Waals surface area contributed by atoms with Crippen LogP contribution in [0, 0.1) is 6.92 Å². The molecule has 0 spiro atoms. The first kappa shape index (κ1) is 17.4. The van der Waals surface area contributed by atoms with Gasteiger partial charge in [-0.2, -0.15) is 5.10 Å². The summed E-state index contributed by atoms with van der Waals surface area (Å²) in [6.45, 7) is 3.18. The Morgan fingerprint density at radius 2 is 1.45 bits per heavy atom. The molecule has 29 heavy (non-hydrogen) atoms. The lowest BCUT2D eigenvalue weighted by molar-refractivity contribution is 0.642. The van der Waals surface area contributed by atoms with Crippen LogP contribution < -0.4 is 5.56 Å². The molecule has 0 saturated carbocycles. The Morgan fingerprint density at radius 3 is 2.14 bits per heavy atom. The summed E-state index contributed by atoms with van der Waals surface area (Å²) in [5.41, 5.74) is 5.10. The summed E-state index contributed by atoms with van der Waals surface area (Å²) < 4.78 is 3.69. The minimum Gasteiger partial charge on any atom is -0.331 e. The van der Waals surface area contributed by atoms with Crippen LogP contribution in [0.2, 0.25) is 0 Å². The Morgan fingerprint density at radius 1 is 0.793 bits per heavy atom. The lowest BCUT2D eigenvalue weighted by atomic mass is 10.1. The average molecular weight is 379 g/mol. The fourth-order valence-corrected chi connectivity index (χ4v) is 3.96. The molecule has 0 aliphatic rings. The molecule has 0 N–H and O–H groups in total. The van der Waals surface area contributed by atoms with Gasteiger partial charge in [0.2, 0.25) is 0 Å². The van der Waals surface area contributed by atoms with E-state index < -0.39 is 0 Å². The highest BCUT2D eigenvalue weighted by molar-refractivity contribution is 6.07. The van der Waals surface area contributed by atoms with Crippen LogP contribution in [0.3, 0.4) is 0 Å². The van der Waals surface area contributed by atoms with Crippen LogP contribution in [0.4, 0.5) is 0 Å². The predicted octanol–water partition coefficient (Wildman–Crippen LogP) is 4.76. The van der Waals surface area contributed by atoms with Crippen molar-refractivity contribution in [3.8, 4) is 0 Å². The molecule has 0 bridgehead atoms. The van der Waals surface area contributed by atoms with Gasteiger partial charge < -0.3 is 4.57 Å². The molecule has 5 aromatic rings. The molecule has 3 aromatic carbocycles. The maximum Gasteiger partial charge on any atom is 0.291 e. The van der Waals surface area contributed by atoms with E-state index in [2.05, 4.69) is 46.9 Å². The van der Waals surface area contributed by atoms with Crippen molar-refractivity contribution in [1.82, 2.24) is 14.3 Å². The lowest BCUT2D eigenvalue weighted by Gasteiger charge is -2.09. The molecule has 5 rings (SSSR count). The zero-order chi connectivity index (χ0) is 19.8. The summed E-state index contributed by atoms with van der Waals surface area (Å²) in [6, 6.07) is 26.6. The lowest BCUT2D eigenvalue weighted by Crippen LogP contribution is -2.25. The van der Waals surface area contributed by atoms with Crippen LogP contribution in [0.5, 0.6) is 0 Å². The van der Waals surface area contributed by atoms with Crippen LogP contribution in [0.25, 0.3) is 21.8 Å². The molecule has 2 heterocycles. The molecule has 0 aliphatic heterocycles. The van der Waals surface area contributed by atoms with Crippen molar-refractivity contribution >= 4 is 21.8 Å². The van der Waals surface area contributed by atoms with Crippen molar-refractivity contribution in [1.29, 1.82) is 0 Å². The largest absolute Gasteiger partial charge is 0.331 e. The van der Waals surface area contributed by atoms with E-state index in [4.69, 9.17) is 0 Å². The van der Waals surface area contributed by atoms with Crippen molar-refractivity contribution in [2.75, 3.05) is 0 Å². The minimum atomic E-state index is -0.0591. The maximum absolute atomic E-state index is 13.5. The minimum absolute atomic E-state index is 0.0591. The van der Waals surface area contributed by atoms with Gasteiger partial charge in [-0.1, -0.05) is 72.3 Å². The summed E-state index contributed by atoms with van der Waals surface area (Å²) >= 11 is 0. The van der Waals surface area contributed by atoms with Crippen molar-refractivity contribution in [3.63, 3.8) is 0 Å². The van der Waals surface area contributed by atoms with Gasteiger partial charge in [-0.25, -0.2) is 4.68 Å². The van der Waals surface area contributed by atoms with E-state index in [9.17, 15) is 4.79 Å². The molecule has 4 nitrogen and oxygen atoms in total. The van der Waals surface area contributed by atoms with Gasteiger partial charge in [0.15, 0.2) is 0 Å². The third-order valence-electron chi connectivity index (χ3n) is 5.38. The number of benzene rings is 3. The zero-order valence-electron chi connectivity index (χ0n) is 16.2. The quantitative estimate of drug-likeness (QED) is 0.452. The summed E-state index contributed by atoms with van der Waals surface area (Å²) in [4.78, 5) is 13.5. The van der Waals surface area contributed by atoms with Crippen molar-refractivity contribution < 1.29 is 0 Å². The first-order valence-corrected chi connectivity index (χ1v) is 9.77. The van der Waals surface area contributed by atoms with Gasteiger partial charge in [0.05, 0.1) is 12.7 Å². The first-order chi connectivity index (χ1) is 14.2. The van der Waals surface area contributed by atoms with Crippen LogP contribution in [0.1, 0.15) is 16.7 Å². The standard InChI is InChI=1S/C25H21N3O/c1-18-12-13-23-21(14-18)22-15-26-28(17-20-10-6-3-7-11-20)25(29)24(22)27(23)16-19-8-4-2-5-9-19/h2-15H,16-17H2,1H3. The number of nitrogens with zero attached hydrogens (tertiary/aromatic N) is 3. The third-order valence-corrected chi connectivity index (χ3v) is 5.38. The second-order valence-corrected chi connectivity index (χ2v) is 7.45. The SMILES string of the molecule is Cc1ccc2c(c1)c1cnn(Cc3ccccc3)c(=O)c1n2Cc1ccccc1. The number of aromatic nitrogens is 3. The third kappa shape index (κ3) is 3.13. The molecule has 0 fully saturated rings. The topological polar surface area (TPSA) is 39.8 Å². The van der Waals surface area contributed by atoms with Crippen LogP contribution in [-0.2, 0) is 13.1 Å². The van der Waals surface area contributed by atoms with Crippen molar-refractivity contribution in [3.05, 3.63) is 112 Å². The normalized spacial score (nSPS) is 11.3. The van der Waals surface area contributed by atoms with Crippen LogP contribution >= 0.6 is 0 Å². The van der Waals surface area contributed by atoms with Gasteiger partial charge in [0, 0.05) is 22.8 Å². The first-order valence-electron chi connectivity index (χ1n) is 9.77. The van der Waals surface area contributed by atoms with Crippen LogP contribution in [0.15, 0.2) is 89.9 Å². The molecule has 0 aliphatic carbocycles. The average Bonchev–Trinajstić information content (AvgIpc) is 3.05. The molecule has 4 heteroatoms. The summed E-state index contributed by atoms with van der Waals surface area (Å²) in [6.07, 6.45) is 1.84. The summed E-state index contributed by atoms with van der Waals surface area (Å²) in [7, 11) is 0. The molecular weight excluding hydrogens is 358 g/mol. The summed E-state index contributed by atoms with van der Waals surface area (Å²) in [5.74, 6) is 0. The van der Waals surface area contributed by atoms with E-state index in [1.54, 1.807) is 4.68 Å². The Labute approximate surface area is 168 Å². The number of fused-ring (bicyclic) bond motifs is 3. The monoisotopic (exact) mass is 379 g/mol. The molecule has 0 saturated heterocycles. The number of rotatable bonds is 4. The molecule has 0 radical (unpaired) electrons. The van der Waals surface area contributed by atoms with Gasteiger partial charge >= 0.3 is 0 Å². The van der Waals surface area contributed by atoms with E-state index in [1.807, 2.05) is 54.7 Å². The Balaban J connectivity index is 1.75. The molecule has 0 unspecified atom stereocenters. The van der Waals surface area contributed by atoms with Gasteiger partial charge in [-0.3, -0.25) is 4.79 Å². The molecule has 142 valence electrons. The van der Waals surface area contributed by atoms with E-state index in [-0.39, 0.29) is 5.56 Å².